The summed E-state index contributed by atoms with van der Waals surface area (Å²) in [5, 5.41) is 1.44. The van der Waals surface area contributed by atoms with Crippen LogP contribution in [0.4, 0.5) is 0 Å². The molecule has 0 amide bonds. The van der Waals surface area contributed by atoms with Gasteiger partial charge in [-0.3, -0.25) is 4.79 Å². The average Bonchev–Trinajstić information content (AvgIpc) is 3.45. The minimum Gasteiger partial charge on any atom is -0.298 e. The third-order valence-electron chi connectivity index (χ3n) is 5.26. The van der Waals surface area contributed by atoms with Crippen molar-refractivity contribution in [2.24, 2.45) is 11.8 Å². The summed E-state index contributed by atoms with van der Waals surface area (Å²) in [6, 6.07) is 15.7. The number of benzene rings is 2. The molecule has 1 nitrogen and oxygen atoms in total. The van der Waals surface area contributed by atoms with E-state index in [1.807, 2.05) is 48.5 Å². The van der Waals surface area contributed by atoms with Gasteiger partial charge in [0.1, 0.15) is 5.78 Å². The van der Waals surface area contributed by atoms with Crippen LogP contribution in [-0.4, -0.2) is 5.78 Å². The Hall–Kier alpha value is -1.31. The van der Waals surface area contributed by atoms with Gasteiger partial charge in [0.15, 0.2) is 0 Å². The molecule has 2 atom stereocenters. The van der Waals surface area contributed by atoms with Crippen LogP contribution in [0.25, 0.3) is 0 Å². The maximum Gasteiger partial charge on any atom is 0.148 e. The molecule has 0 spiro atoms. The van der Waals surface area contributed by atoms with Crippen molar-refractivity contribution in [1.82, 2.24) is 0 Å². The van der Waals surface area contributed by atoms with Crippen molar-refractivity contribution in [2.45, 2.75) is 37.5 Å². The van der Waals surface area contributed by atoms with E-state index in [0.717, 1.165) is 46.9 Å². The number of carbonyl (C=O) groups excluding carboxylic acids is 1. The number of carbonyl (C=O) groups is 1. The van der Waals surface area contributed by atoms with Crippen molar-refractivity contribution in [3.8, 4) is 0 Å². The highest BCUT2D eigenvalue weighted by Gasteiger charge is 2.45. The van der Waals surface area contributed by atoms with Gasteiger partial charge in [-0.1, -0.05) is 47.5 Å². The molecule has 2 fully saturated rings. The quantitative estimate of drug-likeness (QED) is 0.596. The Bertz CT molecular complexity index is 664. The standard InChI is InChI=1S/C21H20Cl2O/c22-17-9-5-15(6-10-17)19(13-1-2-13)21(24)20(14-3-4-14)16-7-11-18(23)12-8-16/h5-14,19-20H,1-4H2. The molecule has 0 heterocycles. The van der Waals surface area contributed by atoms with Crippen LogP contribution < -0.4 is 0 Å². The first-order valence-electron chi connectivity index (χ1n) is 8.68. The lowest BCUT2D eigenvalue weighted by molar-refractivity contribution is -0.122. The summed E-state index contributed by atoms with van der Waals surface area (Å²) in [7, 11) is 0. The molecule has 0 radical (unpaired) electrons. The highest BCUT2D eigenvalue weighted by molar-refractivity contribution is 6.30. The zero-order valence-corrected chi connectivity index (χ0v) is 14.9. The van der Waals surface area contributed by atoms with E-state index in [0.29, 0.717) is 17.6 Å². The summed E-state index contributed by atoms with van der Waals surface area (Å²) in [5.41, 5.74) is 2.23. The van der Waals surface area contributed by atoms with Crippen LogP contribution in [-0.2, 0) is 4.79 Å². The molecular weight excluding hydrogens is 339 g/mol. The van der Waals surface area contributed by atoms with Crippen LogP contribution in [0.3, 0.4) is 0 Å². The van der Waals surface area contributed by atoms with Crippen molar-refractivity contribution in [2.75, 3.05) is 0 Å². The number of Topliss-reactive ketones (excluding diaryl/α,β-unsaturated/α-hetero) is 1. The fourth-order valence-corrected chi connectivity index (χ4v) is 3.98. The van der Waals surface area contributed by atoms with E-state index in [1.165, 1.54) is 0 Å². The van der Waals surface area contributed by atoms with Crippen molar-refractivity contribution in [3.63, 3.8) is 0 Å². The van der Waals surface area contributed by atoms with Gasteiger partial charge in [0.25, 0.3) is 0 Å². The second-order valence-electron chi connectivity index (χ2n) is 7.14. The fraction of sp³-hybridized carbons (Fsp3) is 0.381. The average molecular weight is 359 g/mol. The molecule has 3 heteroatoms. The highest BCUT2D eigenvalue weighted by atomic mass is 35.5. The predicted molar refractivity (Wildman–Crippen MR) is 98.8 cm³/mol. The molecule has 0 aliphatic heterocycles. The Labute approximate surface area is 153 Å². The summed E-state index contributed by atoms with van der Waals surface area (Å²) >= 11 is 12.1. The number of halogens is 2. The third-order valence-corrected chi connectivity index (χ3v) is 5.76. The Balaban J connectivity index is 1.67. The van der Waals surface area contributed by atoms with Gasteiger partial charge in [0, 0.05) is 21.9 Å². The van der Waals surface area contributed by atoms with Crippen LogP contribution in [0.5, 0.6) is 0 Å². The van der Waals surface area contributed by atoms with Gasteiger partial charge >= 0.3 is 0 Å². The molecule has 2 aromatic rings. The summed E-state index contributed by atoms with van der Waals surface area (Å²) < 4.78 is 0. The van der Waals surface area contributed by atoms with Gasteiger partial charge in [-0.15, -0.1) is 0 Å². The number of ketones is 1. The SMILES string of the molecule is O=C(C(c1ccc(Cl)cc1)C1CC1)C(c1ccc(Cl)cc1)C1CC1. The van der Waals surface area contributed by atoms with Gasteiger partial charge < -0.3 is 0 Å². The molecule has 2 aliphatic rings. The maximum atomic E-state index is 13.5. The summed E-state index contributed by atoms with van der Waals surface area (Å²) in [6.07, 6.45) is 4.60. The molecule has 24 heavy (non-hydrogen) atoms. The molecule has 0 N–H and O–H groups in total. The summed E-state index contributed by atoms with van der Waals surface area (Å²) in [5.74, 6) is 1.37. The molecule has 2 unspecified atom stereocenters. The van der Waals surface area contributed by atoms with E-state index in [4.69, 9.17) is 23.2 Å². The second-order valence-corrected chi connectivity index (χ2v) is 8.01. The summed E-state index contributed by atoms with van der Waals surface area (Å²) in [4.78, 5) is 13.5. The molecule has 4 rings (SSSR count). The Morgan fingerprint density at radius 3 is 1.33 bits per heavy atom. The number of rotatable bonds is 6. The first kappa shape index (κ1) is 16.2. The van der Waals surface area contributed by atoms with Gasteiger partial charge in [-0.2, -0.15) is 0 Å². The maximum absolute atomic E-state index is 13.5. The molecule has 0 aromatic heterocycles. The van der Waals surface area contributed by atoms with Crippen LogP contribution in [0.2, 0.25) is 10.0 Å². The van der Waals surface area contributed by atoms with Crippen molar-refractivity contribution in [3.05, 3.63) is 69.7 Å². The predicted octanol–water partition coefficient (Wildman–Crippen LogP) is 6.25. The fourth-order valence-electron chi connectivity index (χ4n) is 3.73. The van der Waals surface area contributed by atoms with Crippen molar-refractivity contribution < 1.29 is 4.79 Å². The lowest BCUT2D eigenvalue weighted by Gasteiger charge is -2.23. The first-order chi connectivity index (χ1) is 11.6. The zero-order valence-electron chi connectivity index (χ0n) is 13.4. The molecule has 0 saturated heterocycles. The Morgan fingerprint density at radius 1 is 0.708 bits per heavy atom. The lowest BCUT2D eigenvalue weighted by atomic mass is 9.79. The third kappa shape index (κ3) is 3.38. The molecule has 2 saturated carbocycles. The molecule has 2 aromatic carbocycles. The summed E-state index contributed by atoms with van der Waals surface area (Å²) in [6.45, 7) is 0. The van der Waals surface area contributed by atoms with Crippen LogP contribution in [0.1, 0.15) is 48.6 Å². The topological polar surface area (TPSA) is 17.1 Å². The van der Waals surface area contributed by atoms with E-state index in [1.54, 1.807) is 0 Å². The molecular formula is C21H20Cl2O. The van der Waals surface area contributed by atoms with E-state index in [9.17, 15) is 4.79 Å². The minimum atomic E-state index is 0.00328. The van der Waals surface area contributed by atoms with Crippen LogP contribution >= 0.6 is 23.2 Å². The van der Waals surface area contributed by atoms with Gasteiger partial charge in [0.05, 0.1) is 0 Å². The lowest BCUT2D eigenvalue weighted by Crippen LogP contribution is -2.24. The Morgan fingerprint density at radius 2 is 1.04 bits per heavy atom. The molecule has 0 bridgehead atoms. The van der Waals surface area contributed by atoms with E-state index < -0.39 is 0 Å². The largest absolute Gasteiger partial charge is 0.298 e. The normalized spacial score (nSPS) is 19.8. The van der Waals surface area contributed by atoms with Gasteiger partial charge in [0.2, 0.25) is 0 Å². The molecule has 124 valence electrons. The van der Waals surface area contributed by atoms with E-state index in [2.05, 4.69) is 0 Å². The van der Waals surface area contributed by atoms with Crippen LogP contribution in [0, 0.1) is 11.8 Å². The highest BCUT2D eigenvalue weighted by Crippen LogP contribution is 2.50. The second kappa shape index (κ2) is 6.54. The van der Waals surface area contributed by atoms with Crippen LogP contribution in [0.15, 0.2) is 48.5 Å². The minimum absolute atomic E-state index is 0.00328. The molecule has 2 aliphatic carbocycles. The van der Waals surface area contributed by atoms with Crippen molar-refractivity contribution in [1.29, 1.82) is 0 Å². The smallest absolute Gasteiger partial charge is 0.148 e. The number of hydrogen-bond acceptors (Lipinski definition) is 1. The first-order valence-corrected chi connectivity index (χ1v) is 9.44. The zero-order chi connectivity index (χ0) is 16.7. The number of hydrogen-bond donors (Lipinski definition) is 0. The monoisotopic (exact) mass is 358 g/mol. The Kier molecular flexibility index (Phi) is 4.40. The van der Waals surface area contributed by atoms with Crippen molar-refractivity contribution >= 4 is 29.0 Å². The van der Waals surface area contributed by atoms with Gasteiger partial charge in [-0.05, 0) is 72.9 Å². The van der Waals surface area contributed by atoms with E-state index in [-0.39, 0.29) is 11.8 Å². The van der Waals surface area contributed by atoms with E-state index >= 15 is 0 Å². The van der Waals surface area contributed by atoms with Gasteiger partial charge in [-0.25, -0.2) is 0 Å².